The summed E-state index contributed by atoms with van der Waals surface area (Å²) in [6.45, 7) is 4.73. The summed E-state index contributed by atoms with van der Waals surface area (Å²) < 4.78 is 0. The van der Waals surface area contributed by atoms with Crippen LogP contribution in [0.25, 0.3) is 0 Å². The Kier molecular flexibility index (Phi) is 3.87. The lowest BCUT2D eigenvalue weighted by Gasteiger charge is -2.34. The van der Waals surface area contributed by atoms with Crippen molar-refractivity contribution in [1.82, 2.24) is 9.80 Å². The third kappa shape index (κ3) is 3.35. The molecule has 1 saturated heterocycles. The fraction of sp³-hybridized carbons (Fsp3) is 0.533. The van der Waals surface area contributed by atoms with Crippen LogP contribution in [-0.4, -0.2) is 54.3 Å². The molecule has 1 heterocycles. The molecule has 1 aromatic rings. The molecule has 1 aromatic carbocycles. The first kappa shape index (κ1) is 13.1. The van der Waals surface area contributed by atoms with E-state index in [2.05, 4.69) is 9.80 Å². The first-order valence-electron chi connectivity index (χ1n) is 6.97. The summed E-state index contributed by atoms with van der Waals surface area (Å²) in [7, 11) is 0. The predicted octanol–water partition coefficient (Wildman–Crippen LogP) is 2.30. The molecule has 1 saturated carbocycles. The van der Waals surface area contributed by atoms with Crippen molar-refractivity contribution in [3.8, 4) is 0 Å². The molecule has 0 radical (unpaired) electrons. The Bertz CT molecular complexity index is 465. The molecule has 1 aliphatic heterocycles. The molecule has 19 heavy (non-hydrogen) atoms. The lowest BCUT2D eigenvalue weighted by Crippen LogP contribution is -2.48. The Morgan fingerprint density at radius 1 is 1.21 bits per heavy atom. The van der Waals surface area contributed by atoms with Crippen LogP contribution in [-0.2, 0) is 0 Å². The van der Waals surface area contributed by atoms with E-state index in [1.807, 2.05) is 12.1 Å². The highest BCUT2D eigenvalue weighted by atomic mass is 35.5. The van der Waals surface area contributed by atoms with E-state index >= 15 is 0 Å². The first-order valence-corrected chi connectivity index (χ1v) is 7.35. The Labute approximate surface area is 119 Å². The molecule has 4 heteroatoms. The van der Waals surface area contributed by atoms with Gasteiger partial charge in [-0.15, -0.1) is 0 Å². The molecule has 3 nitrogen and oxygen atoms in total. The van der Waals surface area contributed by atoms with Crippen LogP contribution in [0.5, 0.6) is 0 Å². The lowest BCUT2D eigenvalue weighted by atomic mass is 10.1. The number of benzene rings is 1. The Balaban J connectivity index is 1.52. The van der Waals surface area contributed by atoms with Gasteiger partial charge in [-0.3, -0.25) is 14.6 Å². The molecule has 2 aliphatic rings. The van der Waals surface area contributed by atoms with Gasteiger partial charge in [0.25, 0.3) is 0 Å². The standard InChI is InChI=1S/C15H19ClN2O/c16-13-3-1-2-12(10-13)15(19)11-17-6-8-18(9-7-17)14-4-5-14/h1-3,10,14H,4-9,11H2. The number of hydrogen-bond acceptors (Lipinski definition) is 3. The van der Waals surface area contributed by atoms with E-state index in [9.17, 15) is 4.79 Å². The highest BCUT2D eigenvalue weighted by molar-refractivity contribution is 6.31. The van der Waals surface area contributed by atoms with Crippen LogP contribution in [0.2, 0.25) is 5.02 Å². The highest BCUT2D eigenvalue weighted by Crippen LogP contribution is 2.27. The summed E-state index contributed by atoms with van der Waals surface area (Å²) in [5, 5.41) is 0.629. The fourth-order valence-corrected chi connectivity index (χ4v) is 2.87. The molecule has 102 valence electrons. The van der Waals surface area contributed by atoms with Crippen LogP contribution < -0.4 is 0 Å². The van der Waals surface area contributed by atoms with E-state index in [0.29, 0.717) is 11.6 Å². The van der Waals surface area contributed by atoms with Crippen molar-refractivity contribution in [2.24, 2.45) is 0 Å². The molecule has 0 N–H and O–H groups in total. The van der Waals surface area contributed by atoms with Gasteiger partial charge in [0, 0.05) is 42.8 Å². The van der Waals surface area contributed by atoms with E-state index in [0.717, 1.165) is 37.8 Å². The maximum Gasteiger partial charge on any atom is 0.176 e. The van der Waals surface area contributed by atoms with Gasteiger partial charge in [-0.1, -0.05) is 23.7 Å². The Morgan fingerprint density at radius 2 is 1.95 bits per heavy atom. The minimum Gasteiger partial charge on any atom is -0.298 e. The maximum atomic E-state index is 12.2. The van der Waals surface area contributed by atoms with Gasteiger partial charge in [-0.05, 0) is 25.0 Å². The SMILES string of the molecule is O=C(CN1CCN(C2CC2)CC1)c1cccc(Cl)c1. The number of piperazine rings is 1. The fourth-order valence-electron chi connectivity index (χ4n) is 2.68. The van der Waals surface area contributed by atoms with Gasteiger partial charge >= 0.3 is 0 Å². The second kappa shape index (κ2) is 5.61. The van der Waals surface area contributed by atoms with Crippen molar-refractivity contribution in [3.05, 3.63) is 34.9 Å². The topological polar surface area (TPSA) is 23.6 Å². The summed E-state index contributed by atoms with van der Waals surface area (Å²) in [6, 6.07) is 8.07. The second-order valence-corrected chi connectivity index (χ2v) is 5.91. The molecule has 0 atom stereocenters. The third-order valence-corrected chi connectivity index (χ3v) is 4.22. The van der Waals surface area contributed by atoms with Crippen molar-refractivity contribution in [3.63, 3.8) is 0 Å². The minimum atomic E-state index is 0.169. The summed E-state index contributed by atoms with van der Waals surface area (Å²) in [6.07, 6.45) is 2.73. The van der Waals surface area contributed by atoms with Gasteiger partial charge in [0.15, 0.2) is 5.78 Å². The molecule has 0 amide bonds. The average Bonchev–Trinajstić information content (AvgIpc) is 3.24. The summed E-state index contributed by atoms with van der Waals surface area (Å²) in [5.74, 6) is 0.169. The number of ketones is 1. The number of nitrogens with zero attached hydrogens (tertiary/aromatic N) is 2. The highest BCUT2D eigenvalue weighted by Gasteiger charge is 2.31. The number of hydrogen-bond donors (Lipinski definition) is 0. The van der Waals surface area contributed by atoms with Crippen LogP contribution in [0.1, 0.15) is 23.2 Å². The second-order valence-electron chi connectivity index (χ2n) is 5.48. The zero-order valence-electron chi connectivity index (χ0n) is 11.0. The lowest BCUT2D eigenvalue weighted by molar-refractivity contribution is 0.0843. The normalized spacial score (nSPS) is 21.5. The van der Waals surface area contributed by atoms with Crippen molar-refractivity contribution in [1.29, 1.82) is 0 Å². The molecule has 0 aromatic heterocycles. The van der Waals surface area contributed by atoms with Crippen LogP contribution in [0.4, 0.5) is 0 Å². The van der Waals surface area contributed by atoms with E-state index in [-0.39, 0.29) is 5.78 Å². The Hall–Kier alpha value is -0.900. The van der Waals surface area contributed by atoms with Crippen LogP contribution in [0.15, 0.2) is 24.3 Å². The summed E-state index contributed by atoms with van der Waals surface area (Å²) in [5.41, 5.74) is 0.720. The van der Waals surface area contributed by atoms with Gasteiger partial charge < -0.3 is 0 Å². The van der Waals surface area contributed by atoms with Crippen LogP contribution in [0.3, 0.4) is 0 Å². The van der Waals surface area contributed by atoms with Gasteiger partial charge in [0.1, 0.15) is 0 Å². The zero-order valence-corrected chi connectivity index (χ0v) is 11.8. The smallest absolute Gasteiger partial charge is 0.176 e. The van der Waals surface area contributed by atoms with Gasteiger partial charge in [0.2, 0.25) is 0 Å². The molecule has 2 fully saturated rings. The summed E-state index contributed by atoms with van der Waals surface area (Å²) in [4.78, 5) is 17.0. The monoisotopic (exact) mass is 278 g/mol. The molecule has 0 spiro atoms. The Morgan fingerprint density at radius 3 is 2.58 bits per heavy atom. The third-order valence-electron chi connectivity index (χ3n) is 3.98. The quantitative estimate of drug-likeness (QED) is 0.790. The predicted molar refractivity (Wildman–Crippen MR) is 76.8 cm³/mol. The molecule has 3 rings (SSSR count). The van der Waals surface area contributed by atoms with Crippen LogP contribution >= 0.6 is 11.6 Å². The molecule has 0 unspecified atom stereocenters. The number of carbonyl (C=O) groups excluding carboxylic acids is 1. The molecule has 1 aliphatic carbocycles. The average molecular weight is 279 g/mol. The van der Waals surface area contributed by atoms with E-state index in [1.54, 1.807) is 12.1 Å². The van der Waals surface area contributed by atoms with Gasteiger partial charge in [-0.25, -0.2) is 0 Å². The van der Waals surface area contributed by atoms with E-state index in [1.165, 1.54) is 12.8 Å². The maximum absolute atomic E-state index is 12.2. The molecule has 0 bridgehead atoms. The first-order chi connectivity index (χ1) is 9.22. The molecular weight excluding hydrogens is 260 g/mol. The van der Waals surface area contributed by atoms with Crippen molar-refractivity contribution in [2.45, 2.75) is 18.9 Å². The van der Waals surface area contributed by atoms with Crippen molar-refractivity contribution >= 4 is 17.4 Å². The molecular formula is C15H19ClN2O. The van der Waals surface area contributed by atoms with Gasteiger partial charge in [-0.2, -0.15) is 0 Å². The minimum absolute atomic E-state index is 0.169. The van der Waals surface area contributed by atoms with E-state index < -0.39 is 0 Å². The van der Waals surface area contributed by atoms with Crippen molar-refractivity contribution in [2.75, 3.05) is 32.7 Å². The van der Waals surface area contributed by atoms with Crippen molar-refractivity contribution < 1.29 is 4.79 Å². The number of Topliss-reactive ketones (excluding diaryl/α,β-unsaturated/α-hetero) is 1. The zero-order chi connectivity index (χ0) is 13.2. The van der Waals surface area contributed by atoms with Gasteiger partial charge in [0.05, 0.1) is 6.54 Å². The summed E-state index contributed by atoms with van der Waals surface area (Å²) >= 11 is 5.92. The number of rotatable bonds is 4. The largest absolute Gasteiger partial charge is 0.298 e. The van der Waals surface area contributed by atoms with E-state index in [4.69, 9.17) is 11.6 Å². The number of halogens is 1. The van der Waals surface area contributed by atoms with Crippen LogP contribution in [0, 0.1) is 0 Å². The number of carbonyl (C=O) groups is 1.